The van der Waals surface area contributed by atoms with E-state index >= 15 is 0 Å². The Morgan fingerprint density at radius 3 is 2.87 bits per heavy atom. The van der Waals surface area contributed by atoms with E-state index in [2.05, 4.69) is 25.9 Å². The van der Waals surface area contributed by atoms with Gasteiger partial charge in [0.1, 0.15) is 5.82 Å². The Balaban J connectivity index is 2.15. The Hall–Kier alpha value is -0.800. The number of alkyl halides is 1. The molecule has 15 heavy (non-hydrogen) atoms. The largest absolute Gasteiger partial charge is 0.349 e. The summed E-state index contributed by atoms with van der Waals surface area (Å²) in [4.78, 5) is 7.45. The molecule has 1 N–H and O–H groups in total. The maximum atomic E-state index is 6.10. The molecular weight excluding hydrogens is 275 g/mol. The summed E-state index contributed by atoms with van der Waals surface area (Å²) in [6, 6.07) is 7.83. The molecule has 1 unspecified atom stereocenters. The molecule has 1 aromatic heterocycles. The van der Waals surface area contributed by atoms with Gasteiger partial charge in [-0.1, -0.05) is 45.7 Å². The summed E-state index contributed by atoms with van der Waals surface area (Å²) in [5.74, 6) is 0.955. The van der Waals surface area contributed by atoms with Crippen molar-refractivity contribution in [2.24, 2.45) is 0 Å². The second-order valence-electron chi connectivity index (χ2n) is 3.23. The molecule has 0 aliphatic rings. The molecule has 2 rings (SSSR count). The predicted molar refractivity (Wildman–Crippen MR) is 65.4 cm³/mol. The van der Waals surface area contributed by atoms with Crippen molar-refractivity contribution in [1.29, 1.82) is 0 Å². The topological polar surface area (TPSA) is 28.7 Å². The van der Waals surface area contributed by atoms with Gasteiger partial charge in [0.25, 0.3) is 0 Å². The Labute approximate surface area is 102 Å². The number of nitrogens with one attached hydrogen (secondary N) is 1. The standard InChI is InChI=1S/C11H10BrClN2/c12-9(7-11-14-5-6-15-11)8-3-1-2-4-10(8)13/h1-6,9H,7H2,(H,14,15). The molecule has 1 aromatic carbocycles. The van der Waals surface area contributed by atoms with Gasteiger partial charge in [-0.05, 0) is 11.6 Å². The summed E-state index contributed by atoms with van der Waals surface area (Å²) in [6.07, 6.45) is 4.38. The van der Waals surface area contributed by atoms with Gasteiger partial charge >= 0.3 is 0 Å². The van der Waals surface area contributed by atoms with E-state index in [9.17, 15) is 0 Å². The first-order valence-corrected chi connectivity index (χ1v) is 5.93. The lowest BCUT2D eigenvalue weighted by molar-refractivity contribution is 0.876. The van der Waals surface area contributed by atoms with Crippen LogP contribution in [0.3, 0.4) is 0 Å². The molecule has 1 heterocycles. The molecule has 0 saturated heterocycles. The van der Waals surface area contributed by atoms with Crippen LogP contribution in [0.25, 0.3) is 0 Å². The van der Waals surface area contributed by atoms with E-state index in [1.807, 2.05) is 30.5 Å². The Kier molecular flexibility index (Phi) is 3.44. The number of halogens is 2. The average molecular weight is 286 g/mol. The summed E-state index contributed by atoms with van der Waals surface area (Å²) in [7, 11) is 0. The zero-order valence-electron chi connectivity index (χ0n) is 7.95. The fourth-order valence-corrected chi connectivity index (χ4v) is 2.52. The molecule has 4 heteroatoms. The van der Waals surface area contributed by atoms with Crippen LogP contribution in [0, 0.1) is 0 Å². The van der Waals surface area contributed by atoms with E-state index in [0.717, 1.165) is 22.8 Å². The van der Waals surface area contributed by atoms with Gasteiger partial charge in [-0.2, -0.15) is 0 Å². The fourth-order valence-electron chi connectivity index (χ4n) is 1.42. The Morgan fingerprint density at radius 1 is 1.40 bits per heavy atom. The van der Waals surface area contributed by atoms with E-state index in [1.165, 1.54) is 0 Å². The van der Waals surface area contributed by atoms with Crippen molar-refractivity contribution in [3.05, 3.63) is 53.1 Å². The number of nitrogens with zero attached hydrogens (tertiary/aromatic N) is 1. The highest BCUT2D eigenvalue weighted by molar-refractivity contribution is 9.09. The minimum absolute atomic E-state index is 0.192. The van der Waals surface area contributed by atoms with Crippen LogP contribution in [0.5, 0.6) is 0 Å². The van der Waals surface area contributed by atoms with Gasteiger partial charge < -0.3 is 4.98 Å². The van der Waals surface area contributed by atoms with Crippen molar-refractivity contribution in [3.63, 3.8) is 0 Å². The summed E-state index contributed by atoms with van der Waals surface area (Å²) in [5.41, 5.74) is 1.09. The normalized spacial score (nSPS) is 12.7. The van der Waals surface area contributed by atoms with Crippen molar-refractivity contribution in [2.45, 2.75) is 11.2 Å². The van der Waals surface area contributed by atoms with E-state index in [-0.39, 0.29) is 4.83 Å². The molecule has 2 aromatic rings. The van der Waals surface area contributed by atoms with Crippen LogP contribution in [-0.4, -0.2) is 9.97 Å². The van der Waals surface area contributed by atoms with Gasteiger partial charge in [0.05, 0.1) is 0 Å². The third kappa shape index (κ3) is 2.61. The number of aromatic amines is 1. The number of H-pyrrole nitrogens is 1. The molecule has 0 saturated carbocycles. The van der Waals surface area contributed by atoms with Crippen LogP contribution in [-0.2, 0) is 6.42 Å². The molecule has 0 bridgehead atoms. The summed E-state index contributed by atoms with van der Waals surface area (Å²) in [6.45, 7) is 0. The molecule has 0 radical (unpaired) electrons. The quantitative estimate of drug-likeness (QED) is 0.855. The second kappa shape index (κ2) is 4.81. The first kappa shape index (κ1) is 10.7. The van der Waals surface area contributed by atoms with Gasteiger partial charge in [-0.15, -0.1) is 0 Å². The van der Waals surface area contributed by atoms with Crippen molar-refractivity contribution >= 4 is 27.5 Å². The third-order valence-corrected chi connectivity index (χ3v) is 3.33. The Bertz CT molecular complexity index is 428. The molecule has 0 aliphatic heterocycles. The minimum atomic E-state index is 0.192. The number of hydrogen-bond donors (Lipinski definition) is 1. The van der Waals surface area contributed by atoms with Crippen LogP contribution in [0.1, 0.15) is 16.2 Å². The molecular formula is C11H10BrClN2. The first-order chi connectivity index (χ1) is 7.27. The van der Waals surface area contributed by atoms with Crippen LogP contribution in [0.15, 0.2) is 36.7 Å². The lowest BCUT2D eigenvalue weighted by Gasteiger charge is -2.09. The van der Waals surface area contributed by atoms with Crippen LogP contribution in [0.4, 0.5) is 0 Å². The Morgan fingerprint density at radius 2 is 2.20 bits per heavy atom. The van der Waals surface area contributed by atoms with Crippen molar-refractivity contribution in [3.8, 4) is 0 Å². The maximum Gasteiger partial charge on any atom is 0.107 e. The van der Waals surface area contributed by atoms with Crippen LogP contribution < -0.4 is 0 Å². The zero-order chi connectivity index (χ0) is 10.7. The summed E-state index contributed by atoms with van der Waals surface area (Å²) < 4.78 is 0. The second-order valence-corrected chi connectivity index (χ2v) is 4.74. The monoisotopic (exact) mass is 284 g/mol. The molecule has 2 nitrogen and oxygen atoms in total. The molecule has 78 valence electrons. The lowest BCUT2D eigenvalue weighted by Crippen LogP contribution is -1.97. The van der Waals surface area contributed by atoms with Gasteiger partial charge in [0, 0.05) is 28.7 Å². The van der Waals surface area contributed by atoms with Gasteiger partial charge in [-0.25, -0.2) is 4.98 Å². The van der Waals surface area contributed by atoms with Gasteiger partial charge in [0.15, 0.2) is 0 Å². The number of benzene rings is 1. The molecule has 0 spiro atoms. The number of aromatic nitrogens is 2. The fraction of sp³-hybridized carbons (Fsp3) is 0.182. The van der Waals surface area contributed by atoms with Crippen LogP contribution >= 0.6 is 27.5 Å². The molecule has 0 aliphatic carbocycles. The van der Waals surface area contributed by atoms with Crippen molar-refractivity contribution in [2.75, 3.05) is 0 Å². The SMILES string of the molecule is Clc1ccccc1C(Br)Cc1ncc[nH]1. The average Bonchev–Trinajstić information content (AvgIpc) is 2.71. The minimum Gasteiger partial charge on any atom is -0.349 e. The zero-order valence-corrected chi connectivity index (χ0v) is 10.3. The van der Waals surface area contributed by atoms with E-state index < -0.39 is 0 Å². The lowest BCUT2D eigenvalue weighted by atomic mass is 10.1. The summed E-state index contributed by atoms with van der Waals surface area (Å²) in [5, 5.41) is 0.783. The smallest absolute Gasteiger partial charge is 0.107 e. The first-order valence-electron chi connectivity index (χ1n) is 4.64. The summed E-state index contributed by atoms with van der Waals surface area (Å²) >= 11 is 9.71. The molecule has 0 fully saturated rings. The highest BCUT2D eigenvalue weighted by Gasteiger charge is 2.12. The molecule has 0 amide bonds. The van der Waals surface area contributed by atoms with Crippen molar-refractivity contribution in [1.82, 2.24) is 9.97 Å². The van der Waals surface area contributed by atoms with E-state index in [0.29, 0.717) is 0 Å². The highest BCUT2D eigenvalue weighted by Crippen LogP contribution is 2.31. The highest BCUT2D eigenvalue weighted by atomic mass is 79.9. The maximum absolute atomic E-state index is 6.10. The third-order valence-electron chi connectivity index (χ3n) is 2.17. The number of rotatable bonds is 3. The van der Waals surface area contributed by atoms with E-state index in [4.69, 9.17) is 11.6 Å². The number of hydrogen-bond acceptors (Lipinski definition) is 1. The molecule has 1 atom stereocenters. The number of imidazole rings is 1. The van der Waals surface area contributed by atoms with Crippen LogP contribution in [0.2, 0.25) is 5.02 Å². The van der Waals surface area contributed by atoms with Gasteiger partial charge in [-0.3, -0.25) is 0 Å². The van der Waals surface area contributed by atoms with E-state index in [1.54, 1.807) is 6.20 Å². The van der Waals surface area contributed by atoms with Gasteiger partial charge in [0.2, 0.25) is 0 Å². The van der Waals surface area contributed by atoms with Crippen molar-refractivity contribution < 1.29 is 0 Å². The predicted octanol–water partition coefficient (Wildman–Crippen LogP) is 3.74.